The van der Waals surface area contributed by atoms with Crippen LogP contribution in [0.5, 0.6) is 0 Å². The van der Waals surface area contributed by atoms with E-state index in [-0.39, 0.29) is 0 Å². The lowest BCUT2D eigenvalue weighted by Crippen LogP contribution is -2.13. The first-order valence-corrected chi connectivity index (χ1v) is 6.92. The van der Waals surface area contributed by atoms with E-state index in [1.807, 2.05) is 38.1 Å². The summed E-state index contributed by atoms with van der Waals surface area (Å²) >= 11 is 0. The number of aliphatic carboxylic acids is 1. The van der Waals surface area contributed by atoms with Gasteiger partial charge < -0.3 is 14.8 Å². The Bertz CT molecular complexity index is 597. The quantitative estimate of drug-likeness (QED) is 0.855. The van der Waals surface area contributed by atoms with Gasteiger partial charge in [0.1, 0.15) is 5.76 Å². The maximum Gasteiger partial charge on any atom is 0.310 e. The van der Waals surface area contributed by atoms with E-state index in [1.54, 1.807) is 6.92 Å². The van der Waals surface area contributed by atoms with Crippen LogP contribution in [0.1, 0.15) is 41.3 Å². The molecule has 2 rings (SSSR count). The predicted molar refractivity (Wildman–Crippen MR) is 79.0 cm³/mol. The lowest BCUT2D eigenvalue weighted by atomic mass is 10.0. The maximum absolute atomic E-state index is 10.9. The number of hydrogen-bond donors (Lipinski definition) is 2. The van der Waals surface area contributed by atoms with Gasteiger partial charge in [0.2, 0.25) is 5.89 Å². The Labute approximate surface area is 124 Å². The van der Waals surface area contributed by atoms with Gasteiger partial charge in [-0.15, -0.1) is 0 Å². The molecule has 0 spiro atoms. The Kier molecular flexibility index (Phi) is 4.75. The Hall–Kier alpha value is -2.14. The highest BCUT2D eigenvalue weighted by Crippen LogP contribution is 2.16. The monoisotopic (exact) mass is 288 g/mol. The molecule has 1 unspecified atom stereocenters. The zero-order valence-corrected chi connectivity index (χ0v) is 12.5. The van der Waals surface area contributed by atoms with E-state index in [4.69, 9.17) is 9.52 Å². The fourth-order valence-electron chi connectivity index (χ4n) is 2.00. The molecule has 1 aromatic carbocycles. The van der Waals surface area contributed by atoms with Crippen molar-refractivity contribution >= 4 is 5.97 Å². The summed E-state index contributed by atoms with van der Waals surface area (Å²) in [4.78, 5) is 15.2. The van der Waals surface area contributed by atoms with Crippen molar-refractivity contribution in [2.45, 2.75) is 39.8 Å². The SMILES string of the molecule is Cc1nc(CNCc2ccc(C(C)C(=O)O)cc2)oc1C. The fraction of sp³-hybridized carbons (Fsp3) is 0.375. The maximum atomic E-state index is 10.9. The molecule has 0 aliphatic heterocycles. The molecule has 112 valence electrons. The highest BCUT2D eigenvalue weighted by Gasteiger charge is 2.12. The molecular formula is C16H20N2O3. The van der Waals surface area contributed by atoms with Crippen molar-refractivity contribution in [2.75, 3.05) is 0 Å². The number of rotatable bonds is 6. The number of nitrogens with zero attached hydrogens (tertiary/aromatic N) is 1. The fourth-order valence-corrected chi connectivity index (χ4v) is 2.00. The Morgan fingerprint density at radius 3 is 2.48 bits per heavy atom. The van der Waals surface area contributed by atoms with Gasteiger partial charge in [-0.1, -0.05) is 24.3 Å². The largest absolute Gasteiger partial charge is 0.481 e. The number of carbonyl (C=O) groups is 1. The van der Waals surface area contributed by atoms with E-state index < -0.39 is 11.9 Å². The number of nitrogens with one attached hydrogen (secondary N) is 1. The van der Waals surface area contributed by atoms with Crippen LogP contribution in [0.15, 0.2) is 28.7 Å². The molecule has 0 saturated carbocycles. The third-order valence-electron chi connectivity index (χ3n) is 3.53. The van der Waals surface area contributed by atoms with Gasteiger partial charge in [0.25, 0.3) is 0 Å². The van der Waals surface area contributed by atoms with Crippen LogP contribution in [0.4, 0.5) is 0 Å². The van der Waals surface area contributed by atoms with Gasteiger partial charge >= 0.3 is 5.97 Å². The summed E-state index contributed by atoms with van der Waals surface area (Å²) in [7, 11) is 0. The number of carboxylic acid groups (broad SMARTS) is 1. The Morgan fingerprint density at radius 1 is 1.29 bits per heavy atom. The number of carboxylic acids is 1. The van der Waals surface area contributed by atoms with E-state index in [1.165, 1.54) is 0 Å². The first-order valence-electron chi connectivity index (χ1n) is 6.92. The number of hydrogen-bond acceptors (Lipinski definition) is 4. The van der Waals surface area contributed by atoms with Crippen molar-refractivity contribution in [3.05, 3.63) is 52.7 Å². The zero-order chi connectivity index (χ0) is 15.4. The van der Waals surface area contributed by atoms with Crippen LogP contribution >= 0.6 is 0 Å². The molecule has 0 saturated heterocycles. The lowest BCUT2D eigenvalue weighted by Gasteiger charge is -2.08. The predicted octanol–water partition coefficient (Wildman–Crippen LogP) is 2.77. The van der Waals surface area contributed by atoms with Crippen molar-refractivity contribution in [1.82, 2.24) is 10.3 Å². The Morgan fingerprint density at radius 2 is 1.95 bits per heavy atom. The molecule has 1 heterocycles. The van der Waals surface area contributed by atoms with Gasteiger partial charge in [0.05, 0.1) is 18.2 Å². The van der Waals surface area contributed by atoms with Crippen LogP contribution in [-0.2, 0) is 17.9 Å². The molecule has 0 fully saturated rings. The molecule has 0 bridgehead atoms. The van der Waals surface area contributed by atoms with Crippen molar-refractivity contribution < 1.29 is 14.3 Å². The van der Waals surface area contributed by atoms with Crippen LogP contribution in [0.3, 0.4) is 0 Å². The van der Waals surface area contributed by atoms with Crippen LogP contribution in [0.2, 0.25) is 0 Å². The number of aryl methyl sites for hydroxylation is 2. The van der Waals surface area contributed by atoms with E-state index in [0.29, 0.717) is 19.0 Å². The van der Waals surface area contributed by atoms with E-state index >= 15 is 0 Å². The second kappa shape index (κ2) is 6.54. The molecule has 5 nitrogen and oxygen atoms in total. The van der Waals surface area contributed by atoms with Gasteiger partial charge in [-0.2, -0.15) is 0 Å². The van der Waals surface area contributed by atoms with Gasteiger partial charge in [0.15, 0.2) is 0 Å². The topological polar surface area (TPSA) is 75.4 Å². The zero-order valence-electron chi connectivity index (χ0n) is 12.5. The third kappa shape index (κ3) is 3.92. The number of oxazole rings is 1. The standard InChI is InChI=1S/C16H20N2O3/c1-10(16(19)20)14-6-4-13(5-7-14)8-17-9-15-18-11(2)12(3)21-15/h4-7,10,17H,8-9H2,1-3H3,(H,19,20). The lowest BCUT2D eigenvalue weighted by molar-refractivity contribution is -0.138. The Balaban J connectivity index is 1.87. The molecule has 0 amide bonds. The first-order chi connectivity index (χ1) is 9.97. The minimum atomic E-state index is -0.810. The van der Waals surface area contributed by atoms with Crippen LogP contribution in [-0.4, -0.2) is 16.1 Å². The summed E-state index contributed by atoms with van der Waals surface area (Å²) in [5, 5.41) is 12.2. The molecule has 0 aliphatic rings. The van der Waals surface area contributed by atoms with Crippen molar-refractivity contribution in [1.29, 1.82) is 0 Å². The van der Waals surface area contributed by atoms with Crippen LogP contribution in [0.25, 0.3) is 0 Å². The molecule has 2 aromatic rings. The summed E-state index contributed by atoms with van der Waals surface area (Å²) in [5.41, 5.74) is 2.82. The second-order valence-corrected chi connectivity index (χ2v) is 5.15. The van der Waals surface area contributed by atoms with Crippen molar-refractivity contribution in [3.63, 3.8) is 0 Å². The first kappa shape index (κ1) is 15.3. The molecule has 0 radical (unpaired) electrons. The normalized spacial score (nSPS) is 12.3. The van der Waals surface area contributed by atoms with E-state index in [2.05, 4.69) is 10.3 Å². The van der Waals surface area contributed by atoms with Gasteiger partial charge in [-0.25, -0.2) is 4.98 Å². The van der Waals surface area contributed by atoms with Gasteiger partial charge in [-0.05, 0) is 31.9 Å². The molecule has 21 heavy (non-hydrogen) atoms. The summed E-state index contributed by atoms with van der Waals surface area (Å²) in [6, 6.07) is 7.59. The minimum absolute atomic E-state index is 0.481. The average Bonchev–Trinajstić information content (AvgIpc) is 2.77. The average molecular weight is 288 g/mol. The van der Waals surface area contributed by atoms with Crippen LogP contribution < -0.4 is 5.32 Å². The van der Waals surface area contributed by atoms with Crippen LogP contribution in [0, 0.1) is 13.8 Å². The molecule has 1 atom stereocenters. The number of aromatic nitrogens is 1. The summed E-state index contributed by atoms with van der Waals surface area (Å²) < 4.78 is 5.49. The third-order valence-corrected chi connectivity index (χ3v) is 3.53. The van der Waals surface area contributed by atoms with Gasteiger partial charge in [-0.3, -0.25) is 4.79 Å². The molecule has 5 heteroatoms. The highest BCUT2D eigenvalue weighted by atomic mass is 16.4. The number of benzene rings is 1. The summed E-state index contributed by atoms with van der Waals surface area (Å²) in [5.74, 6) is 0.237. The smallest absolute Gasteiger partial charge is 0.310 e. The molecular weight excluding hydrogens is 268 g/mol. The minimum Gasteiger partial charge on any atom is -0.481 e. The van der Waals surface area contributed by atoms with E-state index in [9.17, 15) is 4.79 Å². The highest BCUT2D eigenvalue weighted by molar-refractivity contribution is 5.75. The summed E-state index contributed by atoms with van der Waals surface area (Å²) in [6.07, 6.45) is 0. The molecule has 1 aromatic heterocycles. The summed E-state index contributed by atoms with van der Waals surface area (Å²) in [6.45, 7) is 6.76. The molecule has 2 N–H and O–H groups in total. The molecule has 0 aliphatic carbocycles. The van der Waals surface area contributed by atoms with Crippen molar-refractivity contribution in [2.24, 2.45) is 0 Å². The van der Waals surface area contributed by atoms with Gasteiger partial charge in [0, 0.05) is 6.54 Å². The van der Waals surface area contributed by atoms with E-state index in [0.717, 1.165) is 22.6 Å². The second-order valence-electron chi connectivity index (χ2n) is 5.15. The van der Waals surface area contributed by atoms with Crippen molar-refractivity contribution in [3.8, 4) is 0 Å².